The molecule has 12 heavy (non-hydrogen) atoms. The molecule has 0 saturated heterocycles. The molecule has 3 nitrogen and oxygen atoms in total. The molecule has 0 aliphatic heterocycles. The summed E-state index contributed by atoms with van der Waals surface area (Å²) >= 11 is 0. The fourth-order valence-electron chi connectivity index (χ4n) is 0.815. The number of nitrogens with one attached hydrogen (secondary N) is 2. The van der Waals surface area contributed by atoms with Gasteiger partial charge in [0, 0.05) is 17.6 Å². The molecular weight excluding hydrogens is 150 g/mol. The highest BCUT2D eigenvalue weighted by Crippen LogP contribution is 1.97. The van der Waals surface area contributed by atoms with Crippen molar-refractivity contribution in [2.75, 3.05) is 0 Å². The van der Waals surface area contributed by atoms with Crippen LogP contribution >= 0.6 is 0 Å². The largest absolute Gasteiger partial charge is 0.343 e. The first kappa shape index (κ1) is 8.71. The van der Waals surface area contributed by atoms with Gasteiger partial charge in [0.2, 0.25) is 0 Å². The van der Waals surface area contributed by atoms with E-state index >= 15 is 0 Å². The molecule has 0 radical (unpaired) electrons. The zero-order valence-corrected chi connectivity index (χ0v) is 7.39. The minimum absolute atomic E-state index is 0.615. The number of nitrogens with zero attached hydrogens (tertiary/aromatic N) is 1. The number of hydrogen-bond donors (Lipinski definition) is 2. The molecule has 1 rings (SSSR count). The lowest BCUT2D eigenvalue weighted by Gasteiger charge is -1.87. The molecule has 1 aromatic heterocycles. The number of allylic oxidation sites excluding steroid dienone is 1. The van der Waals surface area contributed by atoms with Crippen molar-refractivity contribution in [1.29, 1.82) is 5.41 Å². The Bertz CT molecular complexity index is 296. The van der Waals surface area contributed by atoms with Gasteiger partial charge in [0.25, 0.3) is 0 Å². The Balaban J connectivity index is 2.63. The second-order valence-electron chi connectivity index (χ2n) is 2.66. The number of aromatic nitrogens is 2. The second-order valence-corrected chi connectivity index (χ2v) is 2.66. The minimum Gasteiger partial charge on any atom is -0.343 e. The van der Waals surface area contributed by atoms with E-state index in [0.29, 0.717) is 5.71 Å². The molecule has 1 heterocycles. The van der Waals surface area contributed by atoms with Gasteiger partial charge in [-0.05, 0) is 25.5 Å². The van der Waals surface area contributed by atoms with E-state index < -0.39 is 0 Å². The Morgan fingerprint density at radius 3 is 3.00 bits per heavy atom. The van der Waals surface area contributed by atoms with Crippen LogP contribution in [0.2, 0.25) is 0 Å². The van der Waals surface area contributed by atoms with E-state index in [1.54, 1.807) is 12.3 Å². The number of aromatic amines is 1. The Labute approximate surface area is 72.0 Å². The van der Waals surface area contributed by atoms with Crippen molar-refractivity contribution in [3.63, 3.8) is 0 Å². The Hall–Kier alpha value is -1.38. The SMILES string of the molecule is CCC(=N)/C=C\c1ncc(C)[nH]1. The number of imidazole rings is 1. The third-order valence-corrected chi connectivity index (χ3v) is 1.55. The number of aryl methyl sites for hydroxylation is 1. The van der Waals surface area contributed by atoms with Crippen LogP contribution in [0.1, 0.15) is 24.9 Å². The van der Waals surface area contributed by atoms with Gasteiger partial charge in [-0.1, -0.05) is 6.92 Å². The normalized spacial score (nSPS) is 10.8. The highest BCUT2D eigenvalue weighted by atomic mass is 14.9. The summed E-state index contributed by atoms with van der Waals surface area (Å²) in [5.74, 6) is 0.811. The maximum atomic E-state index is 7.37. The van der Waals surface area contributed by atoms with Crippen molar-refractivity contribution in [2.24, 2.45) is 0 Å². The molecular formula is C9H13N3. The third-order valence-electron chi connectivity index (χ3n) is 1.55. The van der Waals surface area contributed by atoms with Crippen molar-refractivity contribution in [2.45, 2.75) is 20.3 Å². The Kier molecular flexibility index (Phi) is 2.80. The fraction of sp³-hybridized carbons (Fsp3) is 0.333. The van der Waals surface area contributed by atoms with Crippen LogP contribution in [0.25, 0.3) is 6.08 Å². The molecule has 0 unspecified atom stereocenters. The van der Waals surface area contributed by atoms with Gasteiger partial charge in [-0.15, -0.1) is 0 Å². The molecule has 0 bridgehead atoms. The van der Waals surface area contributed by atoms with Gasteiger partial charge < -0.3 is 10.4 Å². The monoisotopic (exact) mass is 163 g/mol. The van der Waals surface area contributed by atoms with Gasteiger partial charge in [-0.3, -0.25) is 0 Å². The molecule has 2 N–H and O–H groups in total. The van der Waals surface area contributed by atoms with E-state index in [1.165, 1.54) is 0 Å². The van der Waals surface area contributed by atoms with Crippen LogP contribution in [0.5, 0.6) is 0 Å². The molecule has 0 saturated carbocycles. The summed E-state index contributed by atoms with van der Waals surface area (Å²) in [5.41, 5.74) is 1.65. The van der Waals surface area contributed by atoms with E-state index in [9.17, 15) is 0 Å². The Morgan fingerprint density at radius 2 is 2.50 bits per heavy atom. The summed E-state index contributed by atoms with van der Waals surface area (Å²) in [6.07, 6.45) is 6.11. The summed E-state index contributed by atoms with van der Waals surface area (Å²) in [4.78, 5) is 7.14. The van der Waals surface area contributed by atoms with Crippen molar-refractivity contribution >= 4 is 11.8 Å². The Morgan fingerprint density at radius 1 is 1.75 bits per heavy atom. The molecule has 0 atom stereocenters. The standard InChI is InChI=1S/C9H13N3/c1-3-8(10)4-5-9-11-6-7(2)12-9/h4-6,10H,3H2,1-2H3,(H,11,12)/b5-4-,10-8?. The van der Waals surface area contributed by atoms with Crippen molar-refractivity contribution in [3.05, 3.63) is 23.8 Å². The summed E-state index contributed by atoms with van der Waals surface area (Å²) < 4.78 is 0. The third kappa shape index (κ3) is 2.34. The van der Waals surface area contributed by atoms with Crippen LogP contribution in [0.15, 0.2) is 12.3 Å². The minimum atomic E-state index is 0.615. The van der Waals surface area contributed by atoms with Gasteiger partial charge >= 0.3 is 0 Å². The van der Waals surface area contributed by atoms with Crippen molar-refractivity contribution in [1.82, 2.24) is 9.97 Å². The predicted molar refractivity (Wildman–Crippen MR) is 50.4 cm³/mol. The zero-order valence-electron chi connectivity index (χ0n) is 7.39. The molecule has 0 fully saturated rings. The van der Waals surface area contributed by atoms with Crippen LogP contribution in [-0.4, -0.2) is 15.7 Å². The van der Waals surface area contributed by atoms with E-state index in [4.69, 9.17) is 5.41 Å². The molecule has 0 aromatic carbocycles. The van der Waals surface area contributed by atoms with Crippen LogP contribution in [-0.2, 0) is 0 Å². The van der Waals surface area contributed by atoms with E-state index in [0.717, 1.165) is 17.9 Å². The number of hydrogen-bond acceptors (Lipinski definition) is 2. The van der Waals surface area contributed by atoms with Crippen molar-refractivity contribution in [3.8, 4) is 0 Å². The van der Waals surface area contributed by atoms with Gasteiger partial charge in [0.05, 0.1) is 0 Å². The highest BCUT2D eigenvalue weighted by molar-refractivity contribution is 5.95. The fourth-order valence-corrected chi connectivity index (χ4v) is 0.815. The summed E-state index contributed by atoms with van der Waals surface area (Å²) in [5, 5.41) is 7.37. The van der Waals surface area contributed by atoms with E-state index in [1.807, 2.05) is 19.9 Å². The number of H-pyrrole nitrogens is 1. The first-order valence-corrected chi connectivity index (χ1v) is 3.99. The van der Waals surface area contributed by atoms with Crippen LogP contribution in [0, 0.1) is 12.3 Å². The maximum absolute atomic E-state index is 7.37. The molecule has 0 aliphatic rings. The van der Waals surface area contributed by atoms with Crippen LogP contribution < -0.4 is 0 Å². The molecule has 3 heteroatoms. The van der Waals surface area contributed by atoms with Gasteiger partial charge in [-0.25, -0.2) is 4.98 Å². The van der Waals surface area contributed by atoms with E-state index in [-0.39, 0.29) is 0 Å². The topological polar surface area (TPSA) is 52.5 Å². The highest BCUT2D eigenvalue weighted by Gasteiger charge is 1.91. The first-order chi connectivity index (χ1) is 5.72. The van der Waals surface area contributed by atoms with Gasteiger partial charge in [0.1, 0.15) is 5.82 Å². The summed E-state index contributed by atoms with van der Waals surface area (Å²) in [7, 11) is 0. The van der Waals surface area contributed by atoms with Crippen LogP contribution in [0.4, 0.5) is 0 Å². The summed E-state index contributed by atoms with van der Waals surface area (Å²) in [6.45, 7) is 3.91. The molecule has 0 spiro atoms. The lowest BCUT2D eigenvalue weighted by atomic mass is 10.3. The molecule has 0 aliphatic carbocycles. The first-order valence-electron chi connectivity index (χ1n) is 3.99. The van der Waals surface area contributed by atoms with E-state index in [2.05, 4.69) is 9.97 Å². The molecule has 1 aromatic rings. The average Bonchev–Trinajstić information content (AvgIpc) is 2.47. The summed E-state index contributed by atoms with van der Waals surface area (Å²) in [6, 6.07) is 0. The van der Waals surface area contributed by atoms with Crippen molar-refractivity contribution < 1.29 is 0 Å². The lowest BCUT2D eigenvalue weighted by molar-refractivity contribution is 1.22. The molecule has 0 amide bonds. The van der Waals surface area contributed by atoms with Gasteiger partial charge in [-0.2, -0.15) is 0 Å². The number of rotatable bonds is 3. The van der Waals surface area contributed by atoms with Gasteiger partial charge in [0.15, 0.2) is 0 Å². The smallest absolute Gasteiger partial charge is 0.130 e. The maximum Gasteiger partial charge on any atom is 0.130 e. The lowest BCUT2D eigenvalue weighted by Crippen LogP contribution is -1.85. The average molecular weight is 163 g/mol. The zero-order chi connectivity index (χ0) is 8.97. The second kappa shape index (κ2) is 3.85. The molecule has 64 valence electrons. The van der Waals surface area contributed by atoms with Crippen LogP contribution in [0.3, 0.4) is 0 Å². The predicted octanol–water partition coefficient (Wildman–Crippen LogP) is 2.16. The quantitative estimate of drug-likeness (QED) is 0.659.